The second kappa shape index (κ2) is 5.66. The first-order valence-corrected chi connectivity index (χ1v) is 7.19. The molecule has 25 heavy (non-hydrogen) atoms. The van der Waals surface area contributed by atoms with Crippen LogP contribution in [0, 0.1) is 6.92 Å². The molecule has 0 fully saturated rings. The first kappa shape index (κ1) is 16.6. The molecule has 8 nitrogen and oxygen atoms in total. The van der Waals surface area contributed by atoms with Crippen molar-refractivity contribution in [1.29, 1.82) is 0 Å². The summed E-state index contributed by atoms with van der Waals surface area (Å²) in [6.45, 7) is 1.69. The molecule has 0 radical (unpaired) electrons. The molecule has 1 atom stereocenters. The molecule has 3 rings (SSSR count). The van der Waals surface area contributed by atoms with Gasteiger partial charge in [-0.25, -0.2) is 9.59 Å². The van der Waals surface area contributed by atoms with Crippen molar-refractivity contribution in [3.63, 3.8) is 0 Å². The highest BCUT2D eigenvalue weighted by molar-refractivity contribution is 6.09. The third-order valence-corrected chi connectivity index (χ3v) is 3.78. The van der Waals surface area contributed by atoms with Gasteiger partial charge in [-0.15, -0.1) is 0 Å². The number of esters is 2. The van der Waals surface area contributed by atoms with E-state index >= 15 is 0 Å². The molecule has 130 valence electrons. The van der Waals surface area contributed by atoms with Crippen LogP contribution < -0.4 is 4.74 Å². The largest absolute Gasteiger partial charge is 0.507 e. The molecule has 2 aliphatic rings. The second-order valence-corrected chi connectivity index (χ2v) is 5.43. The average Bonchev–Trinajstić information content (AvgIpc) is 2.54. The molecule has 1 unspecified atom stereocenters. The Bertz CT molecular complexity index is 864. The van der Waals surface area contributed by atoms with Crippen LogP contribution in [0.15, 0.2) is 35.6 Å². The molecule has 1 aliphatic carbocycles. The maximum absolute atomic E-state index is 12.5. The van der Waals surface area contributed by atoms with Crippen LogP contribution in [0.25, 0.3) is 0 Å². The second-order valence-electron chi connectivity index (χ2n) is 5.43. The SMILES string of the molecule is COC(=O)C1=CC(=O)C=C(OC)C12OC(=O)c1c(O)cc(C)cc1O2. The number of benzene rings is 1. The lowest BCUT2D eigenvalue weighted by Crippen LogP contribution is -2.52. The van der Waals surface area contributed by atoms with E-state index in [1.54, 1.807) is 6.92 Å². The van der Waals surface area contributed by atoms with E-state index in [2.05, 4.69) is 4.74 Å². The quantitative estimate of drug-likeness (QED) is 0.795. The Morgan fingerprint density at radius 2 is 1.88 bits per heavy atom. The number of carbonyl (C=O) groups is 3. The number of aromatic hydroxyl groups is 1. The first-order valence-electron chi connectivity index (χ1n) is 7.19. The highest BCUT2D eigenvalue weighted by Crippen LogP contribution is 2.45. The fraction of sp³-hybridized carbons (Fsp3) is 0.235. The zero-order valence-corrected chi connectivity index (χ0v) is 13.6. The van der Waals surface area contributed by atoms with Gasteiger partial charge in [0.2, 0.25) is 0 Å². The van der Waals surface area contributed by atoms with Crippen molar-refractivity contribution in [2.24, 2.45) is 0 Å². The number of hydrogen-bond donors (Lipinski definition) is 1. The van der Waals surface area contributed by atoms with Crippen LogP contribution in [-0.2, 0) is 23.8 Å². The predicted molar refractivity (Wildman–Crippen MR) is 81.8 cm³/mol. The zero-order chi connectivity index (χ0) is 18.4. The molecular formula is C17H14O8. The van der Waals surface area contributed by atoms with Gasteiger partial charge in [-0.1, -0.05) is 0 Å². The van der Waals surface area contributed by atoms with E-state index in [-0.39, 0.29) is 28.4 Å². The zero-order valence-electron chi connectivity index (χ0n) is 13.6. The Kier molecular flexibility index (Phi) is 3.75. The van der Waals surface area contributed by atoms with Crippen molar-refractivity contribution in [1.82, 2.24) is 0 Å². The predicted octanol–water partition coefficient (Wildman–Crippen LogP) is 1.16. The third kappa shape index (κ3) is 2.42. The lowest BCUT2D eigenvalue weighted by molar-refractivity contribution is -0.155. The summed E-state index contributed by atoms with van der Waals surface area (Å²) in [4.78, 5) is 36.5. The number of fused-ring (bicyclic) bond motifs is 1. The van der Waals surface area contributed by atoms with Crippen molar-refractivity contribution < 1.29 is 38.4 Å². The number of hydrogen-bond acceptors (Lipinski definition) is 8. The molecule has 0 saturated heterocycles. The van der Waals surface area contributed by atoms with Gasteiger partial charge in [0.25, 0.3) is 0 Å². The fourth-order valence-corrected chi connectivity index (χ4v) is 2.72. The number of phenols is 1. The summed E-state index contributed by atoms with van der Waals surface area (Å²) < 4.78 is 20.9. The van der Waals surface area contributed by atoms with Gasteiger partial charge in [0.15, 0.2) is 11.5 Å². The van der Waals surface area contributed by atoms with Crippen LogP contribution in [0.1, 0.15) is 15.9 Å². The van der Waals surface area contributed by atoms with Crippen molar-refractivity contribution in [2.75, 3.05) is 14.2 Å². The van der Waals surface area contributed by atoms with Gasteiger partial charge in [0.1, 0.15) is 22.6 Å². The molecule has 0 saturated carbocycles. The number of rotatable bonds is 2. The van der Waals surface area contributed by atoms with E-state index in [9.17, 15) is 19.5 Å². The molecule has 1 aliphatic heterocycles. The molecule has 1 aromatic carbocycles. The van der Waals surface area contributed by atoms with Crippen molar-refractivity contribution in [2.45, 2.75) is 12.7 Å². The average molecular weight is 346 g/mol. The van der Waals surface area contributed by atoms with Crippen molar-refractivity contribution in [3.8, 4) is 11.5 Å². The van der Waals surface area contributed by atoms with Crippen molar-refractivity contribution in [3.05, 3.63) is 46.7 Å². The Morgan fingerprint density at radius 1 is 1.16 bits per heavy atom. The van der Waals surface area contributed by atoms with Gasteiger partial charge in [0, 0.05) is 12.2 Å². The molecule has 8 heteroatoms. The van der Waals surface area contributed by atoms with Gasteiger partial charge >= 0.3 is 17.7 Å². The Labute approximate surface area is 142 Å². The number of phenolic OH excluding ortho intramolecular Hbond substituents is 1. The molecule has 0 bridgehead atoms. The summed E-state index contributed by atoms with van der Waals surface area (Å²) in [6, 6.07) is 2.87. The van der Waals surface area contributed by atoms with Gasteiger partial charge in [-0.05, 0) is 24.6 Å². The van der Waals surface area contributed by atoms with E-state index in [0.717, 1.165) is 19.3 Å². The number of carbonyl (C=O) groups excluding carboxylic acids is 3. The molecule has 1 aromatic rings. The van der Waals surface area contributed by atoms with Gasteiger partial charge in [-0.2, -0.15) is 0 Å². The smallest absolute Gasteiger partial charge is 0.349 e. The number of methoxy groups -OCH3 is 2. The van der Waals surface area contributed by atoms with E-state index < -0.39 is 23.5 Å². The Morgan fingerprint density at radius 3 is 2.52 bits per heavy atom. The maximum Gasteiger partial charge on any atom is 0.349 e. The lowest BCUT2D eigenvalue weighted by Gasteiger charge is -2.39. The van der Waals surface area contributed by atoms with Crippen LogP contribution in [0.4, 0.5) is 0 Å². The summed E-state index contributed by atoms with van der Waals surface area (Å²) in [5.74, 6) is -5.06. The van der Waals surface area contributed by atoms with Crippen LogP contribution in [0.2, 0.25) is 0 Å². The van der Waals surface area contributed by atoms with Gasteiger partial charge in [0.05, 0.1) is 14.2 Å². The van der Waals surface area contributed by atoms with Gasteiger partial charge < -0.3 is 24.1 Å². The molecule has 1 spiro atoms. The summed E-state index contributed by atoms with van der Waals surface area (Å²) in [5.41, 5.74) is 0.0756. The summed E-state index contributed by atoms with van der Waals surface area (Å²) >= 11 is 0. The normalized spacial score (nSPS) is 21.6. The molecule has 1 heterocycles. The molecule has 1 N–H and O–H groups in total. The molecular weight excluding hydrogens is 332 g/mol. The fourth-order valence-electron chi connectivity index (χ4n) is 2.72. The summed E-state index contributed by atoms with van der Waals surface area (Å²) in [7, 11) is 2.35. The standard InChI is InChI=1S/C17H14O8/c1-8-4-11(19)14-12(5-8)24-17(25-16(14)21)10(15(20)23-3)6-9(18)7-13(17)22-2/h4-7,19H,1-3H3. The minimum atomic E-state index is -2.11. The summed E-state index contributed by atoms with van der Waals surface area (Å²) in [5, 5.41) is 9.99. The third-order valence-electron chi connectivity index (χ3n) is 3.78. The van der Waals surface area contributed by atoms with E-state index in [1.807, 2.05) is 0 Å². The lowest BCUT2D eigenvalue weighted by atomic mass is 9.94. The first-order chi connectivity index (χ1) is 11.8. The van der Waals surface area contributed by atoms with E-state index in [0.29, 0.717) is 5.56 Å². The van der Waals surface area contributed by atoms with E-state index in [1.165, 1.54) is 19.2 Å². The maximum atomic E-state index is 12.5. The monoisotopic (exact) mass is 346 g/mol. The molecule has 0 aromatic heterocycles. The van der Waals surface area contributed by atoms with Crippen LogP contribution in [0.3, 0.4) is 0 Å². The minimum Gasteiger partial charge on any atom is -0.507 e. The highest BCUT2D eigenvalue weighted by atomic mass is 16.7. The highest BCUT2D eigenvalue weighted by Gasteiger charge is 2.56. The minimum absolute atomic E-state index is 0.0131. The number of aryl methyl sites for hydroxylation is 1. The van der Waals surface area contributed by atoms with Crippen LogP contribution >= 0.6 is 0 Å². The Balaban J connectivity index is 2.23. The molecule has 0 amide bonds. The number of ether oxygens (including phenoxy) is 4. The number of allylic oxidation sites excluding steroid dienone is 2. The van der Waals surface area contributed by atoms with Crippen LogP contribution in [-0.4, -0.2) is 42.8 Å². The Hall–Kier alpha value is -3.29. The topological polar surface area (TPSA) is 108 Å². The van der Waals surface area contributed by atoms with Crippen molar-refractivity contribution >= 4 is 17.7 Å². The summed E-state index contributed by atoms with van der Waals surface area (Å²) in [6.07, 6.45) is 1.99. The van der Waals surface area contributed by atoms with Gasteiger partial charge in [-0.3, -0.25) is 4.79 Å². The van der Waals surface area contributed by atoms with Crippen LogP contribution in [0.5, 0.6) is 11.5 Å². The number of ketones is 1. The van der Waals surface area contributed by atoms with E-state index in [4.69, 9.17) is 14.2 Å².